The van der Waals surface area contributed by atoms with Crippen LogP contribution in [0.5, 0.6) is 0 Å². The largest absolute Gasteiger partial charge is 0.384 e. The second kappa shape index (κ2) is 5.27. The van der Waals surface area contributed by atoms with E-state index < -0.39 is 6.10 Å². The van der Waals surface area contributed by atoms with Crippen molar-refractivity contribution < 1.29 is 5.11 Å². The Morgan fingerprint density at radius 1 is 1.11 bits per heavy atom. The summed E-state index contributed by atoms with van der Waals surface area (Å²) in [4.78, 5) is 0. The molecule has 0 spiro atoms. The van der Waals surface area contributed by atoms with Crippen molar-refractivity contribution in [3.05, 3.63) is 47.0 Å². The van der Waals surface area contributed by atoms with Crippen LogP contribution in [0.15, 0.2) is 35.9 Å². The summed E-state index contributed by atoms with van der Waals surface area (Å²) >= 11 is 0. The third-order valence-corrected chi connectivity index (χ3v) is 3.74. The predicted molar refractivity (Wildman–Crippen MR) is 76.7 cm³/mol. The van der Waals surface area contributed by atoms with Crippen LogP contribution in [0.2, 0.25) is 0 Å². The van der Waals surface area contributed by atoms with E-state index in [1.165, 1.54) is 24.0 Å². The van der Waals surface area contributed by atoms with Crippen LogP contribution in [0.1, 0.15) is 63.7 Å². The molecule has 0 aliphatic heterocycles. The van der Waals surface area contributed by atoms with E-state index in [4.69, 9.17) is 0 Å². The lowest BCUT2D eigenvalue weighted by Crippen LogP contribution is -2.17. The molecule has 1 aliphatic carbocycles. The lowest BCUT2D eigenvalue weighted by molar-refractivity contribution is 0.205. The van der Waals surface area contributed by atoms with Gasteiger partial charge in [0.05, 0.1) is 0 Å². The molecule has 0 amide bonds. The van der Waals surface area contributed by atoms with E-state index in [0.717, 1.165) is 18.4 Å². The van der Waals surface area contributed by atoms with Gasteiger partial charge in [-0.15, -0.1) is 0 Å². The molecule has 1 nitrogen and oxygen atoms in total. The van der Waals surface area contributed by atoms with Crippen molar-refractivity contribution in [2.24, 2.45) is 0 Å². The van der Waals surface area contributed by atoms with E-state index in [1.54, 1.807) is 0 Å². The third kappa shape index (κ3) is 2.84. The monoisotopic (exact) mass is 244 g/mol. The summed E-state index contributed by atoms with van der Waals surface area (Å²) in [6, 6.07) is 8.30. The van der Waals surface area contributed by atoms with Gasteiger partial charge in [-0.05, 0) is 47.8 Å². The molecule has 1 atom stereocenters. The van der Waals surface area contributed by atoms with Gasteiger partial charge < -0.3 is 5.11 Å². The average molecular weight is 244 g/mol. The van der Waals surface area contributed by atoms with Crippen molar-refractivity contribution >= 4 is 0 Å². The first-order valence-electron chi connectivity index (χ1n) is 6.96. The number of allylic oxidation sites excluding steroid dienone is 1. The van der Waals surface area contributed by atoms with Gasteiger partial charge in [-0.3, -0.25) is 0 Å². The molecule has 1 aromatic rings. The lowest BCUT2D eigenvalue weighted by Gasteiger charge is -2.27. The van der Waals surface area contributed by atoms with Crippen molar-refractivity contribution in [2.75, 3.05) is 0 Å². The SMILES string of the molecule is CC(C)(C)c1ccccc1C(O)C1=CCCCC1. The van der Waals surface area contributed by atoms with E-state index in [-0.39, 0.29) is 5.41 Å². The summed E-state index contributed by atoms with van der Waals surface area (Å²) in [5.74, 6) is 0. The number of benzene rings is 1. The van der Waals surface area contributed by atoms with Crippen LogP contribution in [-0.4, -0.2) is 5.11 Å². The minimum Gasteiger partial charge on any atom is -0.384 e. The Balaban J connectivity index is 2.35. The molecule has 1 N–H and O–H groups in total. The van der Waals surface area contributed by atoms with Crippen molar-refractivity contribution in [1.82, 2.24) is 0 Å². The molecule has 0 radical (unpaired) electrons. The smallest absolute Gasteiger partial charge is 0.100 e. The molecule has 98 valence electrons. The van der Waals surface area contributed by atoms with E-state index in [0.29, 0.717) is 0 Å². The molecule has 0 fully saturated rings. The Morgan fingerprint density at radius 2 is 1.83 bits per heavy atom. The molecule has 0 heterocycles. The fourth-order valence-electron chi connectivity index (χ4n) is 2.73. The van der Waals surface area contributed by atoms with Crippen LogP contribution in [0.3, 0.4) is 0 Å². The molecule has 18 heavy (non-hydrogen) atoms. The second-order valence-electron chi connectivity index (χ2n) is 6.26. The Morgan fingerprint density at radius 3 is 2.44 bits per heavy atom. The zero-order valence-corrected chi connectivity index (χ0v) is 11.7. The van der Waals surface area contributed by atoms with Crippen LogP contribution < -0.4 is 0 Å². The summed E-state index contributed by atoms with van der Waals surface area (Å²) in [6.45, 7) is 6.61. The van der Waals surface area contributed by atoms with Gasteiger partial charge in [-0.25, -0.2) is 0 Å². The van der Waals surface area contributed by atoms with Crippen LogP contribution in [-0.2, 0) is 5.41 Å². The van der Waals surface area contributed by atoms with Crippen molar-refractivity contribution in [1.29, 1.82) is 0 Å². The number of hydrogen-bond acceptors (Lipinski definition) is 1. The van der Waals surface area contributed by atoms with Gasteiger partial charge in [0.25, 0.3) is 0 Å². The minimum atomic E-state index is -0.416. The van der Waals surface area contributed by atoms with Gasteiger partial charge in [0.15, 0.2) is 0 Å². The number of rotatable bonds is 2. The standard InChI is InChI=1S/C17H24O/c1-17(2,3)15-12-8-7-11-14(15)16(18)13-9-5-4-6-10-13/h7-9,11-12,16,18H,4-6,10H2,1-3H3. The summed E-state index contributed by atoms with van der Waals surface area (Å²) in [7, 11) is 0. The Bertz CT molecular complexity index is 437. The van der Waals surface area contributed by atoms with E-state index in [2.05, 4.69) is 45.0 Å². The van der Waals surface area contributed by atoms with E-state index in [1.807, 2.05) is 6.07 Å². The molecule has 1 heteroatoms. The molecular weight excluding hydrogens is 220 g/mol. The van der Waals surface area contributed by atoms with Crippen LogP contribution in [0.4, 0.5) is 0 Å². The topological polar surface area (TPSA) is 20.2 Å². The molecule has 0 saturated carbocycles. The van der Waals surface area contributed by atoms with Gasteiger partial charge in [0, 0.05) is 0 Å². The van der Waals surface area contributed by atoms with Gasteiger partial charge in [-0.2, -0.15) is 0 Å². The quantitative estimate of drug-likeness (QED) is 0.758. The highest BCUT2D eigenvalue weighted by Gasteiger charge is 2.23. The van der Waals surface area contributed by atoms with Crippen molar-refractivity contribution in [2.45, 2.75) is 58.0 Å². The van der Waals surface area contributed by atoms with Gasteiger partial charge >= 0.3 is 0 Å². The normalized spacial score (nSPS) is 18.3. The summed E-state index contributed by atoms with van der Waals surface area (Å²) in [5, 5.41) is 10.6. The summed E-state index contributed by atoms with van der Waals surface area (Å²) < 4.78 is 0. The van der Waals surface area contributed by atoms with E-state index in [9.17, 15) is 5.11 Å². The zero-order chi connectivity index (χ0) is 13.2. The highest BCUT2D eigenvalue weighted by Crippen LogP contribution is 2.35. The molecule has 0 aromatic heterocycles. The average Bonchev–Trinajstić information content (AvgIpc) is 2.38. The Hall–Kier alpha value is -1.08. The third-order valence-electron chi connectivity index (χ3n) is 3.74. The maximum absolute atomic E-state index is 10.6. The van der Waals surface area contributed by atoms with Crippen LogP contribution >= 0.6 is 0 Å². The van der Waals surface area contributed by atoms with Crippen LogP contribution in [0.25, 0.3) is 0 Å². The maximum Gasteiger partial charge on any atom is 0.100 e. The van der Waals surface area contributed by atoms with Crippen LogP contribution in [0, 0.1) is 0 Å². The molecule has 2 rings (SSSR count). The van der Waals surface area contributed by atoms with Gasteiger partial charge in [-0.1, -0.05) is 51.1 Å². The Kier molecular flexibility index (Phi) is 3.91. The number of aliphatic hydroxyl groups excluding tert-OH is 1. The Labute approximate surface area is 111 Å². The number of hydrogen-bond donors (Lipinski definition) is 1. The second-order valence-corrected chi connectivity index (χ2v) is 6.26. The fraction of sp³-hybridized carbons (Fsp3) is 0.529. The molecule has 1 aliphatic rings. The summed E-state index contributed by atoms with van der Waals surface area (Å²) in [5.41, 5.74) is 3.62. The highest BCUT2D eigenvalue weighted by molar-refractivity contribution is 5.38. The molecular formula is C17H24O. The minimum absolute atomic E-state index is 0.0762. The first-order valence-corrected chi connectivity index (χ1v) is 6.96. The van der Waals surface area contributed by atoms with Gasteiger partial charge in [0.1, 0.15) is 6.10 Å². The maximum atomic E-state index is 10.6. The first kappa shape index (κ1) is 13.4. The van der Waals surface area contributed by atoms with Gasteiger partial charge in [0.2, 0.25) is 0 Å². The van der Waals surface area contributed by atoms with Crippen molar-refractivity contribution in [3.63, 3.8) is 0 Å². The fourth-order valence-corrected chi connectivity index (χ4v) is 2.73. The summed E-state index contributed by atoms with van der Waals surface area (Å²) in [6.07, 6.45) is 6.44. The highest BCUT2D eigenvalue weighted by atomic mass is 16.3. The lowest BCUT2D eigenvalue weighted by atomic mass is 9.80. The first-order chi connectivity index (χ1) is 8.50. The van der Waals surface area contributed by atoms with E-state index >= 15 is 0 Å². The molecule has 1 unspecified atom stereocenters. The predicted octanol–water partition coefficient (Wildman–Crippen LogP) is 4.52. The molecule has 1 aromatic carbocycles. The molecule has 0 saturated heterocycles. The zero-order valence-electron chi connectivity index (χ0n) is 11.7. The number of aliphatic hydroxyl groups is 1. The van der Waals surface area contributed by atoms with Crippen molar-refractivity contribution in [3.8, 4) is 0 Å². The molecule has 0 bridgehead atoms.